The predicted octanol–water partition coefficient (Wildman–Crippen LogP) is 4.02. The second-order valence-corrected chi connectivity index (χ2v) is 9.15. The minimum Gasteiger partial charge on any atom is -0.347 e. The third-order valence-corrected chi connectivity index (χ3v) is 6.40. The van der Waals surface area contributed by atoms with E-state index in [0.717, 1.165) is 47.5 Å². The third-order valence-electron chi connectivity index (χ3n) is 6.40. The molecular formula is C27H29N7O. The van der Waals surface area contributed by atoms with Gasteiger partial charge in [-0.05, 0) is 30.5 Å². The Morgan fingerprint density at radius 1 is 1.00 bits per heavy atom. The van der Waals surface area contributed by atoms with E-state index in [1.807, 2.05) is 73.7 Å². The van der Waals surface area contributed by atoms with Crippen LogP contribution in [0.25, 0.3) is 22.4 Å². The van der Waals surface area contributed by atoms with Crippen LogP contribution in [-0.2, 0) is 7.05 Å². The second-order valence-electron chi connectivity index (χ2n) is 9.15. The third kappa shape index (κ3) is 4.77. The highest BCUT2D eigenvalue weighted by Gasteiger charge is 2.29. The van der Waals surface area contributed by atoms with Gasteiger partial charge in [0.05, 0.1) is 23.1 Å². The maximum Gasteiger partial charge on any atom is 0.255 e. The van der Waals surface area contributed by atoms with Crippen molar-refractivity contribution >= 4 is 11.9 Å². The number of benzene rings is 1. The lowest BCUT2D eigenvalue weighted by molar-refractivity contribution is 0.0705. The minimum atomic E-state index is 0.00286. The van der Waals surface area contributed by atoms with E-state index in [-0.39, 0.29) is 11.8 Å². The SMILES string of the molecule is CN(C)c1ncc(-c2ccccc2)c([C@@H]2CCCN(C(=O)c3ccc(-c4cnn(C)c4)nc3)C2)n1. The summed E-state index contributed by atoms with van der Waals surface area (Å²) in [6.07, 6.45) is 9.16. The first-order valence-corrected chi connectivity index (χ1v) is 11.8. The molecule has 0 bridgehead atoms. The van der Waals surface area contributed by atoms with Gasteiger partial charge in [0, 0.05) is 69.9 Å². The van der Waals surface area contributed by atoms with Crippen molar-refractivity contribution in [3.8, 4) is 22.4 Å². The number of pyridine rings is 1. The van der Waals surface area contributed by atoms with E-state index in [4.69, 9.17) is 4.98 Å². The topological polar surface area (TPSA) is 80.0 Å². The summed E-state index contributed by atoms with van der Waals surface area (Å²) in [4.78, 5) is 31.3. The van der Waals surface area contributed by atoms with Crippen LogP contribution in [0.5, 0.6) is 0 Å². The van der Waals surface area contributed by atoms with Crippen LogP contribution in [0.2, 0.25) is 0 Å². The van der Waals surface area contributed by atoms with Crippen molar-refractivity contribution in [1.82, 2.24) is 29.6 Å². The van der Waals surface area contributed by atoms with E-state index in [9.17, 15) is 4.79 Å². The molecule has 178 valence electrons. The zero-order valence-electron chi connectivity index (χ0n) is 20.3. The average molecular weight is 468 g/mol. The van der Waals surface area contributed by atoms with E-state index < -0.39 is 0 Å². The molecule has 1 amide bonds. The highest BCUT2D eigenvalue weighted by atomic mass is 16.2. The van der Waals surface area contributed by atoms with Gasteiger partial charge in [-0.15, -0.1) is 0 Å². The fourth-order valence-corrected chi connectivity index (χ4v) is 4.56. The standard InChI is InChI=1S/C27H29N7O/c1-32(2)27-29-16-23(19-8-5-4-6-9-19)25(31-27)21-10-7-13-34(18-21)26(35)20-11-12-24(28-14-20)22-15-30-33(3)17-22/h4-6,8-9,11-12,14-17,21H,7,10,13,18H2,1-3H3/t21-/m1/s1. The molecule has 1 aliphatic heterocycles. The number of hydrogen-bond donors (Lipinski definition) is 0. The molecule has 0 N–H and O–H groups in total. The average Bonchev–Trinajstić information content (AvgIpc) is 3.34. The van der Waals surface area contributed by atoms with Crippen molar-refractivity contribution in [2.45, 2.75) is 18.8 Å². The molecule has 35 heavy (non-hydrogen) atoms. The van der Waals surface area contributed by atoms with Crippen LogP contribution >= 0.6 is 0 Å². The molecule has 0 unspecified atom stereocenters. The van der Waals surface area contributed by atoms with Crippen LogP contribution in [0.4, 0.5) is 5.95 Å². The molecule has 0 saturated carbocycles. The van der Waals surface area contributed by atoms with E-state index in [1.54, 1.807) is 17.1 Å². The molecule has 1 aromatic carbocycles. The van der Waals surface area contributed by atoms with Crippen molar-refractivity contribution in [1.29, 1.82) is 0 Å². The molecule has 8 nitrogen and oxygen atoms in total. The summed E-state index contributed by atoms with van der Waals surface area (Å²) in [5.74, 6) is 0.814. The second kappa shape index (κ2) is 9.66. The van der Waals surface area contributed by atoms with Gasteiger partial charge in [-0.2, -0.15) is 5.10 Å². The van der Waals surface area contributed by atoms with Crippen LogP contribution < -0.4 is 4.90 Å². The van der Waals surface area contributed by atoms with Crippen molar-refractivity contribution in [2.24, 2.45) is 7.05 Å². The van der Waals surface area contributed by atoms with Crippen LogP contribution in [0.3, 0.4) is 0 Å². The van der Waals surface area contributed by atoms with Gasteiger partial charge in [-0.25, -0.2) is 9.97 Å². The van der Waals surface area contributed by atoms with Gasteiger partial charge in [0.2, 0.25) is 5.95 Å². The Bertz CT molecular complexity index is 1320. The number of nitrogens with zero attached hydrogens (tertiary/aromatic N) is 7. The lowest BCUT2D eigenvalue weighted by Crippen LogP contribution is -2.39. The smallest absolute Gasteiger partial charge is 0.255 e. The lowest BCUT2D eigenvalue weighted by atomic mass is 9.89. The van der Waals surface area contributed by atoms with Crippen LogP contribution in [-0.4, -0.2) is 62.7 Å². The van der Waals surface area contributed by atoms with Crippen molar-refractivity contribution in [3.63, 3.8) is 0 Å². The molecule has 1 aliphatic rings. The van der Waals surface area contributed by atoms with Crippen molar-refractivity contribution in [3.05, 3.63) is 78.5 Å². The van der Waals surface area contributed by atoms with Crippen LogP contribution in [0.1, 0.15) is 34.8 Å². The maximum absolute atomic E-state index is 13.4. The van der Waals surface area contributed by atoms with Gasteiger partial charge >= 0.3 is 0 Å². The van der Waals surface area contributed by atoms with Gasteiger partial charge in [0.1, 0.15) is 0 Å². The molecule has 0 aliphatic carbocycles. The van der Waals surface area contributed by atoms with Crippen molar-refractivity contribution < 1.29 is 4.79 Å². The number of anilines is 1. The lowest BCUT2D eigenvalue weighted by Gasteiger charge is -2.33. The molecule has 8 heteroatoms. The molecule has 0 radical (unpaired) electrons. The number of amides is 1. The first-order valence-electron chi connectivity index (χ1n) is 11.8. The summed E-state index contributed by atoms with van der Waals surface area (Å²) < 4.78 is 1.74. The molecule has 1 saturated heterocycles. The number of carbonyl (C=O) groups excluding carboxylic acids is 1. The molecule has 4 heterocycles. The summed E-state index contributed by atoms with van der Waals surface area (Å²) >= 11 is 0. The molecule has 5 rings (SSSR count). The van der Waals surface area contributed by atoms with E-state index >= 15 is 0 Å². The molecular weight excluding hydrogens is 438 g/mol. The van der Waals surface area contributed by atoms with Gasteiger partial charge in [0.15, 0.2) is 0 Å². The van der Waals surface area contributed by atoms with Gasteiger partial charge < -0.3 is 9.80 Å². The number of aryl methyl sites for hydroxylation is 1. The molecule has 3 aromatic heterocycles. The fourth-order valence-electron chi connectivity index (χ4n) is 4.56. The largest absolute Gasteiger partial charge is 0.347 e. The quantitative estimate of drug-likeness (QED) is 0.441. The molecule has 0 spiro atoms. The normalized spacial score (nSPS) is 15.7. The zero-order chi connectivity index (χ0) is 24.4. The Hall–Kier alpha value is -4.07. The van der Waals surface area contributed by atoms with Gasteiger partial charge in [-0.3, -0.25) is 14.5 Å². The first-order chi connectivity index (χ1) is 17.0. The Labute approximate surface area is 205 Å². The van der Waals surface area contributed by atoms with Gasteiger partial charge in [-0.1, -0.05) is 30.3 Å². The van der Waals surface area contributed by atoms with Crippen LogP contribution in [0, 0.1) is 0 Å². The Kier molecular flexibility index (Phi) is 6.27. The molecule has 1 atom stereocenters. The maximum atomic E-state index is 13.4. The highest BCUT2D eigenvalue weighted by Crippen LogP contribution is 2.34. The number of aromatic nitrogens is 5. The predicted molar refractivity (Wildman–Crippen MR) is 136 cm³/mol. The number of rotatable bonds is 5. The monoisotopic (exact) mass is 467 g/mol. The number of piperidine rings is 1. The molecule has 4 aromatic rings. The fraction of sp³-hybridized carbons (Fsp3) is 0.296. The van der Waals surface area contributed by atoms with E-state index in [0.29, 0.717) is 18.1 Å². The first kappa shape index (κ1) is 22.7. The Morgan fingerprint density at radius 3 is 2.51 bits per heavy atom. The molecule has 1 fully saturated rings. The van der Waals surface area contributed by atoms with E-state index in [2.05, 4.69) is 27.2 Å². The number of likely N-dealkylation sites (tertiary alicyclic amines) is 1. The summed E-state index contributed by atoms with van der Waals surface area (Å²) in [5, 5.41) is 4.20. The number of carbonyl (C=O) groups is 1. The summed E-state index contributed by atoms with van der Waals surface area (Å²) in [5.41, 5.74) is 5.44. The summed E-state index contributed by atoms with van der Waals surface area (Å²) in [6, 6.07) is 14.0. The Balaban J connectivity index is 1.40. The minimum absolute atomic E-state index is 0.00286. The number of hydrogen-bond acceptors (Lipinski definition) is 6. The van der Waals surface area contributed by atoms with Gasteiger partial charge in [0.25, 0.3) is 5.91 Å². The summed E-state index contributed by atoms with van der Waals surface area (Å²) in [6.45, 7) is 1.35. The Morgan fingerprint density at radius 2 is 1.83 bits per heavy atom. The van der Waals surface area contributed by atoms with Crippen molar-refractivity contribution in [2.75, 3.05) is 32.1 Å². The summed E-state index contributed by atoms with van der Waals surface area (Å²) in [7, 11) is 5.76. The highest BCUT2D eigenvalue weighted by molar-refractivity contribution is 5.94. The van der Waals surface area contributed by atoms with E-state index in [1.165, 1.54) is 0 Å². The van der Waals surface area contributed by atoms with Crippen LogP contribution in [0.15, 0.2) is 67.3 Å². The zero-order valence-corrected chi connectivity index (χ0v) is 20.3.